The Hall–Kier alpha value is -0.480. The van der Waals surface area contributed by atoms with Crippen molar-refractivity contribution < 1.29 is 9.84 Å². The summed E-state index contributed by atoms with van der Waals surface area (Å²) in [5.41, 5.74) is 0.750. The van der Waals surface area contributed by atoms with Crippen LogP contribution in [0.2, 0.25) is 10.0 Å². The molecule has 0 bridgehead atoms. The zero-order valence-electron chi connectivity index (χ0n) is 11.0. The van der Waals surface area contributed by atoms with Gasteiger partial charge in [0.1, 0.15) is 5.75 Å². The SMILES string of the molecule is COc1c(Cl)cc(Cl)cc1CNC1(CO)CCCC1. The van der Waals surface area contributed by atoms with Crippen molar-refractivity contribution in [1.82, 2.24) is 5.32 Å². The van der Waals surface area contributed by atoms with E-state index in [4.69, 9.17) is 27.9 Å². The first-order valence-corrected chi connectivity index (χ1v) is 7.23. The van der Waals surface area contributed by atoms with Crippen LogP contribution in [0.3, 0.4) is 0 Å². The highest BCUT2D eigenvalue weighted by Gasteiger charge is 2.32. The van der Waals surface area contributed by atoms with Gasteiger partial charge in [-0.15, -0.1) is 0 Å². The molecule has 2 N–H and O–H groups in total. The minimum absolute atomic E-state index is 0.156. The van der Waals surface area contributed by atoms with Gasteiger partial charge in [0, 0.05) is 22.7 Å². The molecule has 1 fully saturated rings. The van der Waals surface area contributed by atoms with E-state index in [1.165, 1.54) is 0 Å². The number of ether oxygens (including phenoxy) is 1. The van der Waals surface area contributed by atoms with E-state index in [1.54, 1.807) is 13.2 Å². The van der Waals surface area contributed by atoms with Crippen molar-refractivity contribution >= 4 is 23.2 Å². The van der Waals surface area contributed by atoms with Gasteiger partial charge < -0.3 is 15.2 Å². The molecule has 0 saturated heterocycles. The lowest BCUT2D eigenvalue weighted by molar-refractivity contribution is 0.162. The van der Waals surface area contributed by atoms with Crippen LogP contribution in [0.4, 0.5) is 0 Å². The molecule has 0 spiro atoms. The number of nitrogens with one attached hydrogen (secondary N) is 1. The van der Waals surface area contributed by atoms with E-state index in [-0.39, 0.29) is 12.1 Å². The zero-order chi connectivity index (χ0) is 13.9. The molecule has 5 heteroatoms. The first kappa shape index (κ1) is 14.9. The van der Waals surface area contributed by atoms with Gasteiger partial charge in [-0.3, -0.25) is 0 Å². The molecule has 0 amide bonds. The van der Waals surface area contributed by atoms with Gasteiger partial charge in [0.25, 0.3) is 0 Å². The van der Waals surface area contributed by atoms with Crippen molar-refractivity contribution in [2.75, 3.05) is 13.7 Å². The van der Waals surface area contributed by atoms with Gasteiger partial charge in [-0.05, 0) is 25.0 Å². The minimum atomic E-state index is -0.167. The van der Waals surface area contributed by atoms with Crippen molar-refractivity contribution in [2.45, 2.75) is 37.8 Å². The fraction of sp³-hybridized carbons (Fsp3) is 0.571. The number of aliphatic hydroxyl groups excluding tert-OH is 1. The van der Waals surface area contributed by atoms with Crippen LogP contribution in [-0.4, -0.2) is 24.4 Å². The van der Waals surface area contributed by atoms with Gasteiger partial charge in [0.2, 0.25) is 0 Å². The smallest absolute Gasteiger partial charge is 0.142 e. The molecule has 1 aromatic rings. The Morgan fingerprint density at radius 1 is 1.32 bits per heavy atom. The third-order valence-electron chi connectivity index (χ3n) is 3.81. The van der Waals surface area contributed by atoms with Gasteiger partial charge in [-0.2, -0.15) is 0 Å². The largest absolute Gasteiger partial charge is 0.495 e. The maximum Gasteiger partial charge on any atom is 0.142 e. The number of hydrogen-bond donors (Lipinski definition) is 2. The molecule has 106 valence electrons. The molecule has 0 aromatic heterocycles. The topological polar surface area (TPSA) is 41.5 Å². The minimum Gasteiger partial charge on any atom is -0.495 e. The molecule has 1 aromatic carbocycles. The summed E-state index contributed by atoms with van der Waals surface area (Å²) in [6, 6.07) is 3.52. The molecule has 1 saturated carbocycles. The number of methoxy groups -OCH3 is 1. The third-order valence-corrected chi connectivity index (χ3v) is 4.31. The second-order valence-corrected chi connectivity index (χ2v) is 5.92. The lowest BCUT2D eigenvalue weighted by atomic mass is 9.98. The molecule has 3 nitrogen and oxygen atoms in total. The maximum atomic E-state index is 9.58. The highest BCUT2D eigenvalue weighted by atomic mass is 35.5. The van der Waals surface area contributed by atoms with Gasteiger partial charge in [0.15, 0.2) is 0 Å². The van der Waals surface area contributed by atoms with E-state index in [1.807, 2.05) is 6.07 Å². The predicted molar refractivity (Wildman–Crippen MR) is 78.1 cm³/mol. The van der Waals surface area contributed by atoms with Crippen LogP contribution in [0.5, 0.6) is 5.75 Å². The summed E-state index contributed by atoms with van der Waals surface area (Å²) in [4.78, 5) is 0. The van der Waals surface area contributed by atoms with Crippen LogP contribution in [0, 0.1) is 0 Å². The summed E-state index contributed by atoms with van der Waals surface area (Å²) in [7, 11) is 1.59. The number of hydrogen-bond acceptors (Lipinski definition) is 3. The number of rotatable bonds is 5. The van der Waals surface area contributed by atoms with Crippen molar-refractivity contribution in [1.29, 1.82) is 0 Å². The summed E-state index contributed by atoms with van der Waals surface area (Å²) in [5.74, 6) is 0.643. The van der Waals surface area contributed by atoms with Crippen LogP contribution in [-0.2, 0) is 6.54 Å². The molecule has 1 aliphatic carbocycles. The lowest BCUT2D eigenvalue weighted by Gasteiger charge is -2.28. The van der Waals surface area contributed by atoms with E-state index in [0.717, 1.165) is 31.2 Å². The Morgan fingerprint density at radius 3 is 2.58 bits per heavy atom. The number of halogens is 2. The summed E-state index contributed by atoms with van der Waals surface area (Å²) >= 11 is 12.1. The Bertz CT molecular complexity index is 445. The van der Waals surface area contributed by atoms with Gasteiger partial charge >= 0.3 is 0 Å². The molecule has 19 heavy (non-hydrogen) atoms. The van der Waals surface area contributed by atoms with E-state index in [9.17, 15) is 5.11 Å². The molecule has 0 atom stereocenters. The first-order chi connectivity index (χ1) is 9.10. The maximum absolute atomic E-state index is 9.58. The normalized spacial score (nSPS) is 17.7. The lowest BCUT2D eigenvalue weighted by Crippen LogP contribution is -2.45. The summed E-state index contributed by atoms with van der Waals surface area (Å²) in [6.07, 6.45) is 4.31. The molecular formula is C14H19Cl2NO2. The predicted octanol–water partition coefficient (Wildman–Crippen LogP) is 3.40. The number of aliphatic hydroxyl groups is 1. The highest BCUT2D eigenvalue weighted by molar-refractivity contribution is 6.35. The van der Waals surface area contributed by atoms with E-state index >= 15 is 0 Å². The second-order valence-electron chi connectivity index (χ2n) is 5.08. The summed E-state index contributed by atoms with van der Waals surface area (Å²) in [6.45, 7) is 0.744. The van der Waals surface area contributed by atoms with Crippen molar-refractivity contribution in [3.05, 3.63) is 27.7 Å². The van der Waals surface area contributed by atoms with E-state index < -0.39 is 0 Å². The average Bonchev–Trinajstić information content (AvgIpc) is 2.85. The Kier molecular flexibility index (Phi) is 4.96. The highest BCUT2D eigenvalue weighted by Crippen LogP contribution is 2.34. The average molecular weight is 304 g/mol. The quantitative estimate of drug-likeness (QED) is 0.876. The van der Waals surface area contributed by atoms with Crippen molar-refractivity contribution in [3.63, 3.8) is 0 Å². The zero-order valence-corrected chi connectivity index (χ0v) is 12.5. The Balaban J connectivity index is 2.14. The molecule has 0 radical (unpaired) electrons. The molecule has 2 rings (SSSR count). The summed E-state index contributed by atoms with van der Waals surface area (Å²) < 4.78 is 5.32. The van der Waals surface area contributed by atoms with Crippen molar-refractivity contribution in [3.8, 4) is 5.75 Å². The van der Waals surface area contributed by atoms with Gasteiger partial charge in [0.05, 0.1) is 18.7 Å². The summed E-state index contributed by atoms with van der Waals surface area (Å²) in [5, 5.41) is 14.1. The number of benzene rings is 1. The van der Waals surface area contributed by atoms with Gasteiger partial charge in [-0.25, -0.2) is 0 Å². The molecule has 0 aliphatic heterocycles. The molecule has 0 unspecified atom stereocenters. The molecular weight excluding hydrogens is 285 g/mol. The van der Waals surface area contributed by atoms with Crippen LogP contribution in [0.1, 0.15) is 31.2 Å². The van der Waals surface area contributed by atoms with Crippen LogP contribution < -0.4 is 10.1 Å². The fourth-order valence-electron chi connectivity index (χ4n) is 2.70. The molecule has 0 heterocycles. The van der Waals surface area contributed by atoms with Crippen LogP contribution >= 0.6 is 23.2 Å². The van der Waals surface area contributed by atoms with E-state index in [0.29, 0.717) is 22.3 Å². The van der Waals surface area contributed by atoms with Crippen molar-refractivity contribution in [2.24, 2.45) is 0 Å². The Morgan fingerprint density at radius 2 is 2.00 bits per heavy atom. The van der Waals surface area contributed by atoms with E-state index in [2.05, 4.69) is 5.32 Å². The Labute approximate surface area is 123 Å². The first-order valence-electron chi connectivity index (χ1n) is 6.48. The second kappa shape index (κ2) is 6.31. The third kappa shape index (κ3) is 3.34. The monoisotopic (exact) mass is 303 g/mol. The molecule has 1 aliphatic rings. The van der Waals surface area contributed by atoms with Crippen LogP contribution in [0.15, 0.2) is 12.1 Å². The van der Waals surface area contributed by atoms with Gasteiger partial charge in [-0.1, -0.05) is 36.0 Å². The van der Waals surface area contributed by atoms with Crippen LogP contribution in [0.25, 0.3) is 0 Å². The standard InChI is InChI=1S/C14H19Cl2NO2/c1-19-13-10(6-11(15)7-12(13)16)8-17-14(9-18)4-2-3-5-14/h6-7,17-18H,2-5,8-9H2,1H3. The fourth-order valence-corrected chi connectivity index (χ4v) is 3.31.